The van der Waals surface area contributed by atoms with Crippen LogP contribution in [-0.4, -0.2) is 5.78 Å². The second-order valence-corrected chi connectivity index (χ2v) is 6.47. The van der Waals surface area contributed by atoms with Gasteiger partial charge in [-0.3, -0.25) is 4.79 Å². The van der Waals surface area contributed by atoms with Crippen molar-refractivity contribution in [3.63, 3.8) is 0 Å². The zero-order valence-electron chi connectivity index (χ0n) is 14.0. The summed E-state index contributed by atoms with van der Waals surface area (Å²) < 4.78 is 5.88. The van der Waals surface area contributed by atoms with Gasteiger partial charge in [-0.25, -0.2) is 0 Å². The molecule has 3 heteroatoms. The molecule has 0 heterocycles. The molecule has 0 N–H and O–H groups in total. The molecule has 0 aliphatic rings. The minimum absolute atomic E-state index is 0.165. The summed E-state index contributed by atoms with van der Waals surface area (Å²) in [5.41, 5.74) is 2.94. The Balaban J connectivity index is 1.65. The summed E-state index contributed by atoms with van der Waals surface area (Å²) in [4.78, 5) is 12.3. The molecule has 3 aromatic rings. The highest BCUT2D eigenvalue weighted by molar-refractivity contribution is 6.30. The number of Topliss-reactive ketones (excluding diaryl/α,β-unsaturated/α-hetero) is 1. The van der Waals surface area contributed by atoms with Crippen molar-refractivity contribution >= 4 is 17.4 Å². The molecule has 0 spiro atoms. The molecule has 0 radical (unpaired) electrons. The molecule has 0 unspecified atom stereocenters. The quantitative estimate of drug-likeness (QED) is 0.562. The predicted molar refractivity (Wildman–Crippen MR) is 102 cm³/mol. The maximum Gasteiger partial charge on any atom is 0.141 e. The number of para-hydroxylation sites is 1. The fourth-order valence-corrected chi connectivity index (χ4v) is 2.93. The Kier molecular flexibility index (Phi) is 5.52. The van der Waals surface area contributed by atoms with Gasteiger partial charge in [-0.2, -0.15) is 0 Å². The summed E-state index contributed by atoms with van der Waals surface area (Å²) in [6.07, 6.45) is 0.793. The topological polar surface area (TPSA) is 26.3 Å². The van der Waals surface area contributed by atoms with Gasteiger partial charge in [0.2, 0.25) is 0 Å². The molecular formula is C22H19ClO2. The van der Waals surface area contributed by atoms with Crippen molar-refractivity contribution < 1.29 is 9.53 Å². The van der Waals surface area contributed by atoms with E-state index in [0.717, 1.165) is 28.2 Å². The molecule has 2 nitrogen and oxygen atoms in total. The van der Waals surface area contributed by atoms with Gasteiger partial charge in [-0.15, -0.1) is 0 Å². The van der Waals surface area contributed by atoms with E-state index in [1.165, 1.54) is 0 Å². The van der Waals surface area contributed by atoms with E-state index in [-0.39, 0.29) is 5.78 Å². The maximum atomic E-state index is 12.3. The van der Waals surface area contributed by atoms with Gasteiger partial charge >= 0.3 is 0 Å². The van der Waals surface area contributed by atoms with Crippen LogP contribution in [0.3, 0.4) is 0 Å². The van der Waals surface area contributed by atoms with Crippen molar-refractivity contribution in [3.05, 3.63) is 94.5 Å². The van der Waals surface area contributed by atoms with Crippen LogP contribution < -0.4 is 4.74 Å². The van der Waals surface area contributed by atoms with Crippen LogP contribution >= 0.6 is 11.6 Å². The van der Waals surface area contributed by atoms with Crippen LogP contribution in [0, 0.1) is 6.92 Å². The number of carbonyl (C=O) groups excluding carboxylic acids is 1. The monoisotopic (exact) mass is 350 g/mol. The summed E-state index contributed by atoms with van der Waals surface area (Å²) in [5.74, 6) is 1.77. The van der Waals surface area contributed by atoms with Gasteiger partial charge in [0.15, 0.2) is 0 Å². The molecule has 0 saturated heterocycles. The Bertz CT molecular complexity index is 872. The lowest BCUT2D eigenvalue weighted by atomic mass is 10.0. The second-order valence-electron chi connectivity index (χ2n) is 6.04. The van der Waals surface area contributed by atoms with Crippen molar-refractivity contribution in [1.82, 2.24) is 0 Å². The first-order chi connectivity index (χ1) is 12.1. The summed E-state index contributed by atoms with van der Waals surface area (Å²) in [5, 5.41) is 0.656. The smallest absolute Gasteiger partial charge is 0.141 e. The predicted octanol–water partition coefficient (Wildman–Crippen LogP) is 5.80. The lowest BCUT2D eigenvalue weighted by Crippen LogP contribution is -2.06. The van der Waals surface area contributed by atoms with Gasteiger partial charge in [0.25, 0.3) is 0 Å². The number of rotatable bonds is 6. The van der Waals surface area contributed by atoms with Crippen molar-refractivity contribution in [2.75, 3.05) is 0 Å². The van der Waals surface area contributed by atoms with Crippen molar-refractivity contribution in [3.8, 4) is 11.5 Å². The fraction of sp³-hybridized carbons (Fsp3) is 0.136. The molecule has 0 atom stereocenters. The molecule has 3 aromatic carbocycles. The van der Waals surface area contributed by atoms with Crippen molar-refractivity contribution in [2.45, 2.75) is 19.8 Å². The fourth-order valence-electron chi connectivity index (χ4n) is 2.72. The lowest BCUT2D eigenvalue weighted by Gasteiger charge is -2.10. The molecule has 25 heavy (non-hydrogen) atoms. The first kappa shape index (κ1) is 17.2. The lowest BCUT2D eigenvalue weighted by molar-refractivity contribution is -0.117. The Morgan fingerprint density at radius 1 is 0.880 bits per heavy atom. The van der Waals surface area contributed by atoms with Crippen LogP contribution in [-0.2, 0) is 17.6 Å². The molecule has 0 aromatic heterocycles. The number of ether oxygens (including phenoxy) is 1. The third-order valence-corrected chi connectivity index (χ3v) is 4.14. The van der Waals surface area contributed by atoms with Crippen LogP contribution in [0.1, 0.15) is 16.7 Å². The third kappa shape index (κ3) is 4.94. The van der Waals surface area contributed by atoms with Crippen molar-refractivity contribution in [1.29, 1.82) is 0 Å². The summed E-state index contributed by atoms with van der Waals surface area (Å²) in [7, 11) is 0. The zero-order chi connectivity index (χ0) is 17.6. The minimum atomic E-state index is 0.165. The van der Waals surface area contributed by atoms with E-state index < -0.39 is 0 Å². The number of carbonyl (C=O) groups is 1. The van der Waals surface area contributed by atoms with E-state index in [1.54, 1.807) is 0 Å². The highest BCUT2D eigenvalue weighted by atomic mass is 35.5. The van der Waals surface area contributed by atoms with Crippen LogP contribution in [0.25, 0.3) is 0 Å². The van der Waals surface area contributed by atoms with E-state index >= 15 is 0 Å². The van der Waals surface area contributed by atoms with E-state index in [4.69, 9.17) is 16.3 Å². The summed E-state index contributed by atoms with van der Waals surface area (Å²) >= 11 is 5.97. The van der Waals surface area contributed by atoms with Gasteiger partial charge in [0, 0.05) is 17.9 Å². The number of hydrogen-bond acceptors (Lipinski definition) is 2. The Labute approximate surface area is 153 Å². The number of halogens is 1. The zero-order valence-corrected chi connectivity index (χ0v) is 14.8. The first-order valence-electron chi connectivity index (χ1n) is 8.19. The molecule has 0 bridgehead atoms. The SMILES string of the molecule is Cc1cc(CC(=O)Cc2cccc(Cl)c2)ccc1Oc1ccccc1. The summed E-state index contributed by atoms with van der Waals surface area (Å²) in [6, 6.07) is 23.0. The molecule has 0 fully saturated rings. The maximum absolute atomic E-state index is 12.3. The van der Waals surface area contributed by atoms with E-state index in [9.17, 15) is 4.79 Å². The number of benzene rings is 3. The molecule has 3 rings (SSSR count). The Morgan fingerprint density at radius 3 is 2.28 bits per heavy atom. The highest BCUT2D eigenvalue weighted by Gasteiger charge is 2.08. The largest absolute Gasteiger partial charge is 0.457 e. The molecule has 0 aliphatic carbocycles. The average Bonchev–Trinajstić information content (AvgIpc) is 2.58. The van der Waals surface area contributed by atoms with Gasteiger partial charge in [-0.05, 0) is 53.9 Å². The van der Waals surface area contributed by atoms with Gasteiger partial charge in [0.1, 0.15) is 17.3 Å². The molecule has 0 saturated carbocycles. The van der Waals surface area contributed by atoms with Crippen LogP contribution in [0.2, 0.25) is 5.02 Å². The van der Waals surface area contributed by atoms with Gasteiger partial charge in [-0.1, -0.05) is 54.1 Å². The van der Waals surface area contributed by atoms with E-state index in [0.29, 0.717) is 17.9 Å². The molecular weight excluding hydrogens is 332 g/mol. The molecule has 126 valence electrons. The number of aryl methyl sites for hydroxylation is 1. The van der Waals surface area contributed by atoms with Crippen LogP contribution in [0.5, 0.6) is 11.5 Å². The van der Waals surface area contributed by atoms with Crippen LogP contribution in [0.4, 0.5) is 0 Å². The van der Waals surface area contributed by atoms with Gasteiger partial charge in [0.05, 0.1) is 0 Å². The number of hydrogen-bond donors (Lipinski definition) is 0. The van der Waals surface area contributed by atoms with E-state index in [1.807, 2.05) is 79.7 Å². The van der Waals surface area contributed by atoms with Gasteiger partial charge < -0.3 is 4.74 Å². The third-order valence-electron chi connectivity index (χ3n) is 3.90. The molecule has 0 amide bonds. The Hall–Kier alpha value is -2.58. The molecule has 0 aliphatic heterocycles. The second kappa shape index (κ2) is 8.00. The standard InChI is InChI=1S/C22H19ClO2/c1-16-12-18(10-11-22(16)25-21-8-3-2-4-9-21)15-20(24)14-17-6-5-7-19(23)13-17/h2-13H,14-15H2,1H3. The summed E-state index contributed by atoms with van der Waals surface area (Å²) in [6.45, 7) is 1.99. The highest BCUT2D eigenvalue weighted by Crippen LogP contribution is 2.26. The number of ketones is 1. The van der Waals surface area contributed by atoms with E-state index in [2.05, 4.69) is 0 Å². The Morgan fingerprint density at radius 2 is 1.60 bits per heavy atom. The van der Waals surface area contributed by atoms with Crippen molar-refractivity contribution in [2.24, 2.45) is 0 Å². The first-order valence-corrected chi connectivity index (χ1v) is 8.56. The normalized spacial score (nSPS) is 10.5. The van der Waals surface area contributed by atoms with Crippen LogP contribution in [0.15, 0.2) is 72.8 Å². The minimum Gasteiger partial charge on any atom is -0.457 e. The average molecular weight is 351 g/mol.